The minimum absolute atomic E-state index is 0.0797. The van der Waals surface area contributed by atoms with Crippen molar-refractivity contribution in [1.82, 2.24) is 5.32 Å². The van der Waals surface area contributed by atoms with Gasteiger partial charge in [0.2, 0.25) is 0 Å². The van der Waals surface area contributed by atoms with Gasteiger partial charge in [-0.15, -0.1) is 0 Å². The average Bonchev–Trinajstić information content (AvgIpc) is 2.41. The topological polar surface area (TPSA) is 75.3 Å². The maximum Gasteiger partial charge on any atom is 0.319 e. The minimum atomic E-state index is -3.03. The lowest BCUT2D eigenvalue weighted by atomic mass is 9.95. The highest BCUT2D eigenvalue weighted by atomic mass is 32.2. The summed E-state index contributed by atoms with van der Waals surface area (Å²) in [6, 6.07) is 7.18. The first kappa shape index (κ1) is 15.8. The molecule has 2 atom stereocenters. The van der Waals surface area contributed by atoms with Crippen molar-refractivity contribution in [3.63, 3.8) is 0 Å². The Kier molecular flexibility index (Phi) is 4.88. The number of hydrogen-bond acceptors (Lipinski definition) is 3. The third kappa shape index (κ3) is 4.74. The van der Waals surface area contributed by atoms with Gasteiger partial charge in [-0.1, -0.05) is 24.1 Å². The second-order valence-corrected chi connectivity index (χ2v) is 8.11. The molecular formula is C15H22N2O3S. The first-order valence-corrected chi connectivity index (χ1v) is 9.13. The van der Waals surface area contributed by atoms with Crippen LogP contribution in [0.15, 0.2) is 24.3 Å². The van der Waals surface area contributed by atoms with Crippen LogP contribution in [0.25, 0.3) is 0 Å². The van der Waals surface area contributed by atoms with E-state index in [4.69, 9.17) is 0 Å². The number of urea groups is 1. The van der Waals surface area contributed by atoms with Crippen molar-refractivity contribution in [3.05, 3.63) is 29.8 Å². The van der Waals surface area contributed by atoms with Crippen LogP contribution in [0.2, 0.25) is 0 Å². The van der Waals surface area contributed by atoms with Crippen molar-refractivity contribution in [2.75, 3.05) is 11.6 Å². The molecule has 2 rings (SSSR count). The summed E-state index contributed by atoms with van der Waals surface area (Å²) in [6.45, 7) is 1.98. The molecule has 1 fully saturated rings. The number of amides is 2. The zero-order chi connectivity index (χ0) is 15.5. The van der Waals surface area contributed by atoms with Gasteiger partial charge < -0.3 is 10.6 Å². The van der Waals surface area contributed by atoms with Crippen molar-refractivity contribution in [2.45, 2.75) is 43.9 Å². The van der Waals surface area contributed by atoms with Crippen LogP contribution < -0.4 is 10.6 Å². The molecule has 116 valence electrons. The van der Waals surface area contributed by atoms with Crippen LogP contribution in [0.1, 0.15) is 31.2 Å². The highest BCUT2D eigenvalue weighted by Crippen LogP contribution is 2.24. The van der Waals surface area contributed by atoms with Crippen molar-refractivity contribution >= 4 is 21.6 Å². The van der Waals surface area contributed by atoms with E-state index in [0.29, 0.717) is 12.8 Å². The number of hydrogen-bond donors (Lipinski definition) is 2. The first-order valence-electron chi connectivity index (χ1n) is 7.17. The molecule has 6 heteroatoms. The van der Waals surface area contributed by atoms with E-state index in [1.165, 1.54) is 6.26 Å². The fraction of sp³-hybridized carbons (Fsp3) is 0.533. The van der Waals surface area contributed by atoms with E-state index >= 15 is 0 Å². The number of carbonyl (C=O) groups excluding carboxylic acids is 1. The van der Waals surface area contributed by atoms with E-state index in [1.807, 2.05) is 31.2 Å². The SMILES string of the molecule is Cc1ccc(NC(=O)N[C@@H]2CCC[C@H](S(C)(=O)=O)C2)cc1. The summed E-state index contributed by atoms with van der Waals surface area (Å²) in [6.07, 6.45) is 4.11. The molecule has 21 heavy (non-hydrogen) atoms. The Labute approximate surface area is 126 Å². The van der Waals surface area contributed by atoms with Crippen molar-refractivity contribution < 1.29 is 13.2 Å². The molecular weight excluding hydrogens is 288 g/mol. The Hall–Kier alpha value is -1.56. The lowest BCUT2D eigenvalue weighted by Gasteiger charge is -2.28. The molecule has 0 unspecified atom stereocenters. The average molecular weight is 310 g/mol. The predicted octanol–water partition coefficient (Wildman–Crippen LogP) is 2.47. The number of rotatable bonds is 3. The normalized spacial score (nSPS) is 22.6. The number of aryl methyl sites for hydroxylation is 1. The van der Waals surface area contributed by atoms with Crippen LogP contribution >= 0.6 is 0 Å². The number of nitrogens with one attached hydrogen (secondary N) is 2. The summed E-state index contributed by atoms with van der Waals surface area (Å²) in [5.41, 5.74) is 1.86. The fourth-order valence-corrected chi connectivity index (χ4v) is 3.83. The molecule has 1 aliphatic rings. The van der Waals surface area contributed by atoms with Crippen LogP contribution in [0.4, 0.5) is 10.5 Å². The molecule has 1 aromatic rings. The second-order valence-electron chi connectivity index (χ2n) is 5.78. The monoisotopic (exact) mass is 310 g/mol. The molecule has 0 radical (unpaired) electrons. The molecule has 1 aromatic carbocycles. The molecule has 2 N–H and O–H groups in total. The largest absolute Gasteiger partial charge is 0.335 e. The van der Waals surface area contributed by atoms with E-state index in [1.54, 1.807) is 0 Å². The highest BCUT2D eigenvalue weighted by Gasteiger charge is 2.29. The molecule has 0 aliphatic heterocycles. The Morgan fingerprint density at radius 2 is 1.86 bits per heavy atom. The third-order valence-electron chi connectivity index (χ3n) is 3.88. The van der Waals surface area contributed by atoms with E-state index in [-0.39, 0.29) is 17.3 Å². The Morgan fingerprint density at radius 3 is 2.48 bits per heavy atom. The Morgan fingerprint density at radius 1 is 1.19 bits per heavy atom. The maximum atomic E-state index is 12.0. The van der Waals surface area contributed by atoms with Gasteiger partial charge in [-0.3, -0.25) is 0 Å². The fourth-order valence-electron chi connectivity index (χ4n) is 2.65. The summed E-state index contributed by atoms with van der Waals surface area (Å²) in [5.74, 6) is 0. The zero-order valence-electron chi connectivity index (χ0n) is 12.4. The molecule has 1 aliphatic carbocycles. The molecule has 0 heterocycles. The Bertz CT molecular complexity index is 596. The van der Waals surface area contributed by atoms with E-state index < -0.39 is 9.84 Å². The molecule has 0 spiro atoms. The summed E-state index contributed by atoms with van der Waals surface area (Å²) in [7, 11) is -3.03. The van der Waals surface area contributed by atoms with Crippen molar-refractivity contribution in [3.8, 4) is 0 Å². The highest BCUT2D eigenvalue weighted by molar-refractivity contribution is 7.91. The third-order valence-corrected chi connectivity index (χ3v) is 5.52. The number of anilines is 1. The smallest absolute Gasteiger partial charge is 0.319 e. The van der Waals surface area contributed by atoms with Gasteiger partial charge in [0.05, 0.1) is 5.25 Å². The molecule has 0 bridgehead atoms. The van der Waals surface area contributed by atoms with E-state index in [0.717, 1.165) is 24.1 Å². The van der Waals surface area contributed by atoms with E-state index in [2.05, 4.69) is 10.6 Å². The minimum Gasteiger partial charge on any atom is -0.335 e. The maximum absolute atomic E-state index is 12.0. The number of benzene rings is 1. The van der Waals surface area contributed by atoms with Gasteiger partial charge in [-0.05, 0) is 38.3 Å². The molecule has 1 saturated carbocycles. The van der Waals surface area contributed by atoms with Crippen LogP contribution in [-0.2, 0) is 9.84 Å². The molecule has 5 nitrogen and oxygen atoms in total. The van der Waals surface area contributed by atoms with Gasteiger partial charge in [-0.25, -0.2) is 13.2 Å². The van der Waals surface area contributed by atoms with Crippen LogP contribution in [-0.4, -0.2) is 32.0 Å². The summed E-state index contributed by atoms with van der Waals surface area (Å²) >= 11 is 0. The van der Waals surface area contributed by atoms with Crippen molar-refractivity contribution in [1.29, 1.82) is 0 Å². The second kappa shape index (κ2) is 6.47. The van der Waals surface area contributed by atoms with E-state index in [9.17, 15) is 13.2 Å². The number of sulfone groups is 1. The van der Waals surface area contributed by atoms with Gasteiger partial charge >= 0.3 is 6.03 Å². The summed E-state index contributed by atoms with van der Waals surface area (Å²) in [5, 5.41) is 5.30. The van der Waals surface area contributed by atoms with Gasteiger partial charge in [0.25, 0.3) is 0 Å². The van der Waals surface area contributed by atoms with Gasteiger partial charge in [0.15, 0.2) is 0 Å². The lowest BCUT2D eigenvalue weighted by Crippen LogP contribution is -2.43. The number of carbonyl (C=O) groups is 1. The van der Waals surface area contributed by atoms with Gasteiger partial charge in [0, 0.05) is 18.0 Å². The van der Waals surface area contributed by atoms with Crippen LogP contribution in [0, 0.1) is 6.92 Å². The molecule has 2 amide bonds. The van der Waals surface area contributed by atoms with Crippen molar-refractivity contribution in [2.24, 2.45) is 0 Å². The van der Waals surface area contributed by atoms with Gasteiger partial charge in [-0.2, -0.15) is 0 Å². The van der Waals surface area contributed by atoms with Gasteiger partial charge in [0.1, 0.15) is 9.84 Å². The summed E-state index contributed by atoms with van der Waals surface area (Å²) in [4.78, 5) is 12.0. The standard InChI is InChI=1S/C15H22N2O3S/c1-11-6-8-12(9-7-11)16-15(18)17-13-4-3-5-14(10-13)21(2,19)20/h6-9,13-14H,3-5,10H2,1-2H3,(H2,16,17,18)/t13-,14+/m1/s1. The Balaban J connectivity index is 1.89. The zero-order valence-corrected chi connectivity index (χ0v) is 13.2. The quantitative estimate of drug-likeness (QED) is 0.900. The van der Waals surface area contributed by atoms with Crippen LogP contribution in [0.3, 0.4) is 0 Å². The van der Waals surface area contributed by atoms with Crippen LogP contribution in [0.5, 0.6) is 0 Å². The molecule has 0 saturated heterocycles. The predicted molar refractivity (Wildman–Crippen MR) is 84.2 cm³/mol. The first-order chi connectivity index (χ1) is 9.84. The molecule has 0 aromatic heterocycles. The lowest BCUT2D eigenvalue weighted by molar-refractivity contribution is 0.244. The summed E-state index contributed by atoms with van der Waals surface area (Å²) < 4.78 is 23.2.